The molecule has 3 nitrogen and oxygen atoms in total. The molecule has 18 heavy (non-hydrogen) atoms. The molecule has 2 rings (SSSR count). The van der Waals surface area contributed by atoms with E-state index in [4.69, 9.17) is 0 Å². The molecule has 1 saturated carbocycles. The molecule has 0 aromatic rings. The van der Waals surface area contributed by atoms with Crippen LogP contribution in [0.25, 0.3) is 0 Å². The zero-order valence-corrected chi connectivity index (χ0v) is 12.3. The van der Waals surface area contributed by atoms with Crippen LogP contribution in [0, 0.1) is 0 Å². The minimum atomic E-state index is 0.768. The lowest BCUT2D eigenvalue weighted by Gasteiger charge is -2.32. The van der Waals surface area contributed by atoms with E-state index in [-0.39, 0.29) is 0 Å². The van der Waals surface area contributed by atoms with Gasteiger partial charge in [-0.25, -0.2) is 0 Å². The van der Waals surface area contributed by atoms with Gasteiger partial charge in [-0.15, -0.1) is 0 Å². The van der Waals surface area contributed by atoms with E-state index in [0.717, 1.165) is 12.1 Å². The normalized spacial score (nSPS) is 24.2. The van der Waals surface area contributed by atoms with Gasteiger partial charge in [0, 0.05) is 25.2 Å². The minimum Gasteiger partial charge on any atom is -0.313 e. The first-order valence-corrected chi connectivity index (χ1v) is 7.95. The summed E-state index contributed by atoms with van der Waals surface area (Å²) in [6.45, 7) is 8.45. The highest BCUT2D eigenvalue weighted by Gasteiger charge is 2.20. The van der Waals surface area contributed by atoms with Crippen molar-refractivity contribution in [3.63, 3.8) is 0 Å². The van der Waals surface area contributed by atoms with Crippen LogP contribution in [0.15, 0.2) is 0 Å². The van der Waals surface area contributed by atoms with E-state index in [1.807, 2.05) is 0 Å². The molecular weight excluding hydrogens is 222 g/mol. The van der Waals surface area contributed by atoms with Gasteiger partial charge >= 0.3 is 0 Å². The molecule has 2 aliphatic rings. The molecule has 0 unspecified atom stereocenters. The van der Waals surface area contributed by atoms with E-state index >= 15 is 0 Å². The van der Waals surface area contributed by atoms with Crippen molar-refractivity contribution in [3.05, 3.63) is 0 Å². The summed E-state index contributed by atoms with van der Waals surface area (Å²) >= 11 is 0. The minimum absolute atomic E-state index is 0.768. The second kappa shape index (κ2) is 7.46. The number of hydrogen-bond donors (Lipinski definition) is 1. The highest BCUT2D eigenvalue weighted by Crippen LogP contribution is 2.21. The number of hydrogen-bond acceptors (Lipinski definition) is 3. The summed E-state index contributed by atoms with van der Waals surface area (Å²) in [5.74, 6) is 0. The maximum absolute atomic E-state index is 3.75. The van der Waals surface area contributed by atoms with Gasteiger partial charge in [-0.05, 0) is 52.4 Å². The van der Waals surface area contributed by atoms with Crippen LogP contribution >= 0.6 is 0 Å². The molecular formula is C15H31N3. The molecule has 0 aromatic heterocycles. The van der Waals surface area contributed by atoms with E-state index < -0.39 is 0 Å². The second-order valence-electron chi connectivity index (χ2n) is 6.08. The van der Waals surface area contributed by atoms with E-state index in [0.29, 0.717) is 0 Å². The molecule has 0 atom stereocenters. The number of piperidine rings is 1. The first-order chi connectivity index (χ1) is 8.79. The van der Waals surface area contributed by atoms with Crippen LogP contribution in [0.3, 0.4) is 0 Å². The molecule has 1 saturated heterocycles. The van der Waals surface area contributed by atoms with Crippen molar-refractivity contribution in [2.75, 3.05) is 39.8 Å². The topological polar surface area (TPSA) is 18.5 Å². The maximum atomic E-state index is 3.75. The summed E-state index contributed by atoms with van der Waals surface area (Å²) in [6.07, 6.45) is 8.40. The summed E-state index contributed by atoms with van der Waals surface area (Å²) in [5, 5.41) is 3.75. The monoisotopic (exact) mass is 253 g/mol. The molecule has 1 aliphatic carbocycles. The zero-order valence-electron chi connectivity index (χ0n) is 12.3. The van der Waals surface area contributed by atoms with E-state index in [1.54, 1.807) is 0 Å². The molecule has 0 aromatic carbocycles. The Kier molecular flexibility index (Phi) is 5.93. The SMILES string of the molecule is CCN1CCC(NCCN(C)C2CCCC2)CC1. The molecule has 3 heteroatoms. The van der Waals surface area contributed by atoms with Crippen LogP contribution in [0.5, 0.6) is 0 Å². The van der Waals surface area contributed by atoms with Gasteiger partial charge in [0.2, 0.25) is 0 Å². The average Bonchev–Trinajstić information content (AvgIpc) is 2.93. The maximum Gasteiger partial charge on any atom is 0.0107 e. The summed E-state index contributed by atoms with van der Waals surface area (Å²) in [6, 6.07) is 1.64. The Labute approximate surface area is 113 Å². The summed E-state index contributed by atoms with van der Waals surface area (Å²) < 4.78 is 0. The standard InChI is InChI=1S/C15H31N3/c1-3-18-11-8-14(9-12-18)16-10-13-17(2)15-6-4-5-7-15/h14-16H,3-13H2,1-2H3. The Morgan fingerprint density at radius 3 is 2.39 bits per heavy atom. The molecule has 106 valence electrons. The molecule has 1 aliphatic heterocycles. The lowest BCUT2D eigenvalue weighted by Crippen LogP contribution is -2.45. The fraction of sp³-hybridized carbons (Fsp3) is 1.00. The van der Waals surface area contributed by atoms with Crippen molar-refractivity contribution in [2.45, 2.75) is 57.5 Å². The second-order valence-corrected chi connectivity index (χ2v) is 6.08. The predicted molar refractivity (Wildman–Crippen MR) is 78.0 cm³/mol. The smallest absolute Gasteiger partial charge is 0.0107 e. The lowest BCUT2D eigenvalue weighted by molar-refractivity contribution is 0.196. The van der Waals surface area contributed by atoms with Crippen molar-refractivity contribution < 1.29 is 0 Å². The molecule has 0 bridgehead atoms. The van der Waals surface area contributed by atoms with Crippen LogP contribution in [-0.2, 0) is 0 Å². The Hall–Kier alpha value is -0.120. The summed E-state index contributed by atoms with van der Waals surface area (Å²) in [4.78, 5) is 5.13. The van der Waals surface area contributed by atoms with Crippen LogP contribution < -0.4 is 5.32 Å². The highest BCUT2D eigenvalue weighted by molar-refractivity contribution is 4.79. The van der Waals surface area contributed by atoms with Gasteiger partial charge in [0.05, 0.1) is 0 Å². The summed E-state index contributed by atoms with van der Waals surface area (Å²) in [7, 11) is 2.30. The van der Waals surface area contributed by atoms with Crippen molar-refractivity contribution in [1.82, 2.24) is 15.1 Å². The predicted octanol–water partition coefficient (Wildman–Crippen LogP) is 1.93. The third-order valence-electron chi connectivity index (χ3n) is 4.88. The van der Waals surface area contributed by atoms with Crippen molar-refractivity contribution in [3.8, 4) is 0 Å². The fourth-order valence-corrected chi connectivity index (χ4v) is 3.43. The molecule has 2 fully saturated rings. The largest absolute Gasteiger partial charge is 0.313 e. The van der Waals surface area contributed by atoms with Crippen LogP contribution in [0.2, 0.25) is 0 Å². The number of nitrogens with one attached hydrogen (secondary N) is 1. The van der Waals surface area contributed by atoms with Gasteiger partial charge in [0.25, 0.3) is 0 Å². The molecule has 1 N–H and O–H groups in total. The Balaban J connectivity index is 1.55. The van der Waals surface area contributed by atoms with Crippen molar-refractivity contribution in [2.24, 2.45) is 0 Å². The number of rotatable bonds is 6. The first-order valence-electron chi connectivity index (χ1n) is 7.95. The quantitative estimate of drug-likeness (QED) is 0.780. The fourth-order valence-electron chi connectivity index (χ4n) is 3.43. The number of likely N-dealkylation sites (N-methyl/N-ethyl adjacent to an activating group) is 1. The number of likely N-dealkylation sites (tertiary alicyclic amines) is 1. The average molecular weight is 253 g/mol. The lowest BCUT2D eigenvalue weighted by atomic mass is 10.1. The van der Waals surface area contributed by atoms with Gasteiger partial charge < -0.3 is 15.1 Å². The Bertz CT molecular complexity index is 218. The highest BCUT2D eigenvalue weighted by atomic mass is 15.2. The first kappa shape index (κ1) is 14.3. The van der Waals surface area contributed by atoms with Gasteiger partial charge in [-0.3, -0.25) is 0 Å². The van der Waals surface area contributed by atoms with Crippen LogP contribution in [0.1, 0.15) is 45.4 Å². The van der Waals surface area contributed by atoms with E-state index in [9.17, 15) is 0 Å². The molecule has 0 amide bonds. The molecule has 1 heterocycles. The van der Waals surface area contributed by atoms with E-state index in [1.165, 1.54) is 71.2 Å². The molecule has 0 spiro atoms. The van der Waals surface area contributed by atoms with Crippen molar-refractivity contribution in [1.29, 1.82) is 0 Å². The number of nitrogens with zero attached hydrogens (tertiary/aromatic N) is 2. The zero-order chi connectivity index (χ0) is 12.8. The van der Waals surface area contributed by atoms with Gasteiger partial charge in [-0.2, -0.15) is 0 Å². The van der Waals surface area contributed by atoms with Crippen molar-refractivity contribution >= 4 is 0 Å². The van der Waals surface area contributed by atoms with E-state index in [2.05, 4.69) is 29.1 Å². The van der Waals surface area contributed by atoms with Crippen LogP contribution in [0.4, 0.5) is 0 Å². The third-order valence-corrected chi connectivity index (χ3v) is 4.88. The summed E-state index contributed by atoms with van der Waals surface area (Å²) in [5.41, 5.74) is 0. The van der Waals surface area contributed by atoms with Gasteiger partial charge in [0.1, 0.15) is 0 Å². The van der Waals surface area contributed by atoms with Gasteiger partial charge in [0.15, 0.2) is 0 Å². The third kappa shape index (κ3) is 4.22. The molecule has 0 radical (unpaired) electrons. The van der Waals surface area contributed by atoms with Gasteiger partial charge in [-0.1, -0.05) is 19.8 Å². The Morgan fingerprint density at radius 2 is 1.78 bits per heavy atom. The van der Waals surface area contributed by atoms with Crippen LogP contribution in [-0.4, -0.2) is 61.7 Å². The Morgan fingerprint density at radius 1 is 1.11 bits per heavy atom.